The third kappa shape index (κ3) is 6.61. The number of carboxylic acids is 1. The molecule has 3 aromatic rings. The van der Waals surface area contributed by atoms with Gasteiger partial charge in [-0.05, 0) is 12.5 Å². The van der Waals surface area contributed by atoms with E-state index in [2.05, 4.69) is 15.3 Å². The molecule has 1 aromatic carbocycles. The van der Waals surface area contributed by atoms with Gasteiger partial charge in [0.25, 0.3) is 5.56 Å². The van der Waals surface area contributed by atoms with Gasteiger partial charge in [0, 0.05) is 13.5 Å². The van der Waals surface area contributed by atoms with Crippen molar-refractivity contribution in [2.45, 2.75) is 56.1 Å². The van der Waals surface area contributed by atoms with Crippen molar-refractivity contribution in [1.29, 1.82) is 0 Å². The number of aliphatic hydroxyl groups is 4. The van der Waals surface area contributed by atoms with Crippen LogP contribution in [0.2, 0.25) is 0 Å². The molecule has 3 heterocycles. The van der Waals surface area contributed by atoms with Gasteiger partial charge in [0.15, 0.2) is 17.4 Å². The minimum Gasteiger partial charge on any atom is -0.480 e. The number of nitrogens with one attached hydrogen (secondary N) is 1. The summed E-state index contributed by atoms with van der Waals surface area (Å²) < 4.78 is 7.85. The summed E-state index contributed by atoms with van der Waals surface area (Å²) in [7, 11) is 1.47. The van der Waals surface area contributed by atoms with Crippen molar-refractivity contribution in [2.75, 3.05) is 12.3 Å². The molecule has 218 valence electrons. The maximum Gasteiger partial charge on any atom is 0.326 e. The van der Waals surface area contributed by atoms with Crippen LogP contribution in [-0.4, -0.2) is 99.6 Å². The topological polar surface area (TPSA) is 261 Å². The van der Waals surface area contributed by atoms with E-state index in [1.54, 1.807) is 24.3 Å². The van der Waals surface area contributed by atoms with Crippen molar-refractivity contribution in [3.8, 4) is 0 Å². The number of hydrogen-bond acceptors (Lipinski definition) is 12. The third-order valence-corrected chi connectivity index (χ3v) is 6.35. The molecule has 3 unspecified atom stereocenters. The Morgan fingerprint density at radius 1 is 1.20 bits per heavy atom. The maximum atomic E-state index is 12.0. The summed E-state index contributed by atoms with van der Waals surface area (Å²) in [6.45, 7) is 0.926. The SMILES string of the molecule is CC(O)C(N)C(=O)NC(Cc1ccccc1)C(=O)O.Cn1c(N)nc2c(ncn2[C@@H]2O[C@H](CO)[C@@H](O)[C@H]2O)c1=O. The Labute approximate surface area is 227 Å². The van der Waals surface area contributed by atoms with E-state index in [1.165, 1.54) is 24.9 Å². The molecule has 4 rings (SSSR count). The molecule has 40 heavy (non-hydrogen) atoms. The number of carbonyl (C=O) groups excluding carboxylic acids is 1. The minimum absolute atomic E-state index is 0.0130. The molecule has 1 aliphatic heterocycles. The number of carbonyl (C=O) groups is 2. The number of aromatic nitrogens is 4. The first-order chi connectivity index (χ1) is 18.9. The summed E-state index contributed by atoms with van der Waals surface area (Å²) in [6.07, 6.45) is -4.07. The lowest BCUT2D eigenvalue weighted by Crippen LogP contribution is -2.52. The number of rotatable bonds is 8. The summed E-state index contributed by atoms with van der Waals surface area (Å²) in [6, 6.07) is 6.74. The van der Waals surface area contributed by atoms with Gasteiger partial charge in [0.2, 0.25) is 11.9 Å². The average Bonchev–Trinajstić information content (AvgIpc) is 3.47. The molecule has 1 fully saturated rings. The van der Waals surface area contributed by atoms with Crippen LogP contribution in [0.25, 0.3) is 11.2 Å². The van der Waals surface area contributed by atoms with E-state index < -0.39 is 66.8 Å². The number of aliphatic hydroxyl groups excluding tert-OH is 4. The van der Waals surface area contributed by atoms with Crippen LogP contribution in [0.5, 0.6) is 0 Å². The molecule has 0 saturated carbocycles. The number of nitrogens with zero attached hydrogens (tertiary/aromatic N) is 4. The normalized spacial score (nSPS) is 22.7. The molecule has 16 nitrogen and oxygen atoms in total. The van der Waals surface area contributed by atoms with E-state index in [1.807, 2.05) is 6.07 Å². The summed E-state index contributed by atoms with van der Waals surface area (Å²) >= 11 is 0. The molecular weight excluding hydrogens is 530 g/mol. The van der Waals surface area contributed by atoms with Gasteiger partial charge in [-0.25, -0.2) is 9.78 Å². The lowest BCUT2D eigenvalue weighted by atomic mass is 10.1. The van der Waals surface area contributed by atoms with E-state index in [4.69, 9.17) is 26.4 Å². The van der Waals surface area contributed by atoms with E-state index in [0.717, 1.165) is 10.1 Å². The number of nitrogens with two attached hydrogens (primary N) is 2. The van der Waals surface area contributed by atoms with Crippen molar-refractivity contribution < 1.29 is 39.9 Å². The van der Waals surface area contributed by atoms with Gasteiger partial charge in [0.05, 0.1) is 19.0 Å². The van der Waals surface area contributed by atoms with Crippen LogP contribution in [0.4, 0.5) is 5.95 Å². The van der Waals surface area contributed by atoms with Gasteiger partial charge in [-0.2, -0.15) is 4.98 Å². The minimum atomic E-state index is -1.29. The first-order valence-electron chi connectivity index (χ1n) is 12.2. The summed E-state index contributed by atoms with van der Waals surface area (Å²) in [5, 5.41) is 49.5. The Hall–Kier alpha value is -3.93. The van der Waals surface area contributed by atoms with Gasteiger partial charge < -0.3 is 47.1 Å². The third-order valence-electron chi connectivity index (χ3n) is 6.35. The van der Waals surface area contributed by atoms with Crippen LogP contribution in [0, 0.1) is 0 Å². The second-order valence-corrected chi connectivity index (χ2v) is 9.24. The Morgan fingerprint density at radius 3 is 2.40 bits per heavy atom. The molecular formula is C24H33N7O9. The van der Waals surface area contributed by atoms with Crippen LogP contribution in [0.1, 0.15) is 18.7 Å². The molecule has 1 aliphatic rings. The molecule has 2 aromatic heterocycles. The first-order valence-corrected chi connectivity index (χ1v) is 12.2. The van der Waals surface area contributed by atoms with E-state index in [9.17, 15) is 29.7 Å². The van der Waals surface area contributed by atoms with Gasteiger partial charge in [0.1, 0.15) is 30.4 Å². The molecule has 0 spiro atoms. The number of fused-ring (bicyclic) bond motifs is 1. The lowest BCUT2D eigenvalue weighted by Gasteiger charge is -2.19. The monoisotopic (exact) mass is 563 g/mol. The zero-order valence-corrected chi connectivity index (χ0v) is 21.7. The predicted molar refractivity (Wildman–Crippen MR) is 140 cm³/mol. The number of hydrogen-bond donors (Lipinski definition) is 8. The largest absolute Gasteiger partial charge is 0.480 e. The Kier molecular flexibility index (Phi) is 9.91. The number of nitrogen functional groups attached to an aromatic ring is 1. The average molecular weight is 564 g/mol. The summed E-state index contributed by atoms with van der Waals surface area (Å²) in [5.41, 5.74) is 11.7. The fourth-order valence-corrected chi connectivity index (χ4v) is 3.90. The second kappa shape index (κ2) is 12.9. The van der Waals surface area contributed by atoms with Crippen LogP contribution in [0.15, 0.2) is 41.5 Å². The predicted octanol–water partition coefficient (Wildman–Crippen LogP) is -3.17. The van der Waals surface area contributed by atoms with Crippen molar-refractivity contribution in [2.24, 2.45) is 12.8 Å². The smallest absolute Gasteiger partial charge is 0.326 e. The first kappa shape index (κ1) is 30.6. The van der Waals surface area contributed by atoms with Crippen LogP contribution in [-0.2, 0) is 27.8 Å². The van der Waals surface area contributed by atoms with Crippen molar-refractivity contribution in [3.05, 3.63) is 52.6 Å². The Bertz CT molecular complexity index is 1380. The number of benzene rings is 1. The molecule has 1 saturated heterocycles. The molecule has 7 atom stereocenters. The van der Waals surface area contributed by atoms with Crippen LogP contribution < -0.4 is 22.3 Å². The van der Waals surface area contributed by atoms with E-state index in [-0.39, 0.29) is 23.5 Å². The standard InChI is InChI=1S/C13H18N2O4.C11H15N5O5/c1-8(16)11(14)12(17)15-10(13(18)19)7-9-5-3-2-4-6-9;1-15-9(20)5-8(14-11(15)12)16(3-13-5)10-7(19)6(18)4(2-17)21-10/h2-6,8,10-11,16H,7,14H2,1H3,(H,15,17)(H,18,19);3-4,6-7,10,17-19H,2H2,1H3,(H2,12,14)/t;4-,6-,7-,10-/m.1/s1. The zero-order chi connectivity index (χ0) is 29.7. The number of imidazole rings is 1. The highest BCUT2D eigenvalue weighted by atomic mass is 16.6. The number of ether oxygens (including phenoxy) is 1. The number of anilines is 1. The molecule has 0 radical (unpaired) electrons. The molecule has 0 bridgehead atoms. The Balaban J connectivity index is 0.000000222. The second-order valence-electron chi connectivity index (χ2n) is 9.24. The van der Waals surface area contributed by atoms with Crippen molar-refractivity contribution in [3.63, 3.8) is 0 Å². The maximum absolute atomic E-state index is 12.0. The number of aliphatic carboxylic acids is 1. The fourth-order valence-electron chi connectivity index (χ4n) is 3.90. The highest BCUT2D eigenvalue weighted by Gasteiger charge is 2.44. The highest BCUT2D eigenvalue weighted by molar-refractivity contribution is 5.87. The van der Waals surface area contributed by atoms with E-state index in [0.29, 0.717) is 0 Å². The van der Waals surface area contributed by atoms with Crippen LogP contribution >= 0.6 is 0 Å². The van der Waals surface area contributed by atoms with Gasteiger partial charge in [-0.3, -0.25) is 18.7 Å². The molecule has 1 amide bonds. The van der Waals surface area contributed by atoms with Gasteiger partial charge in [-0.1, -0.05) is 30.3 Å². The van der Waals surface area contributed by atoms with Crippen molar-refractivity contribution >= 4 is 29.0 Å². The van der Waals surface area contributed by atoms with Gasteiger partial charge >= 0.3 is 5.97 Å². The van der Waals surface area contributed by atoms with Gasteiger partial charge in [-0.15, -0.1) is 0 Å². The fraction of sp³-hybridized carbons (Fsp3) is 0.458. The molecule has 0 aliphatic carbocycles. The van der Waals surface area contributed by atoms with E-state index >= 15 is 0 Å². The molecule has 16 heteroatoms. The number of amides is 1. The molecule has 10 N–H and O–H groups in total. The zero-order valence-electron chi connectivity index (χ0n) is 21.7. The summed E-state index contributed by atoms with van der Waals surface area (Å²) in [4.78, 5) is 42.8. The van der Waals surface area contributed by atoms with Crippen molar-refractivity contribution in [1.82, 2.24) is 24.4 Å². The number of carboxylic acid groups (broad SMARTS) is 1. The Morgan fingerprint density at radius 2 is 1.85 bits per heavy atom. The summed E-state index contributed by atoms with van der Waals surface area (Å²) in [5.74, 6) is -1.84. The lowest BCUT2D eigenvalue weighted by molar-refractivity contribution is -0.142. The quantitative estimate of drug-likeness (QED) is 0.135. The highest BCUT2D eigenvalue weighted by Crippen LogP contribution is 2.30. The van der Waals surface area contributed by atoms with Crippen LogP contribution in [0.3, 0.4) is 0 Å².